The third-order valence-electron chi connectivity index (χ3n) is 3.20. The molecule has 6 nitrogen and oxygen atoms in total. The molecule has 0 aliphatic rings. The molecule has 0 radical (unpaired) electrons. The van der Waals surface area contributed by atoms with Crippen LogP contribution in [-0.2, 0) is 16.1 Å². The van der Waals surface area contributed by atoms with Crippen LogP contribution >= 0.6 is 15.9 Å². The lowest BCUT2D eigenvalue weighted by atomic mass is 10.3. The molecule has 0 saturated heterocycles. The predicted octanol–water partition coefficient (Wildman–Crippen LogP) is 3.12. The van der Waals surface area contributed by atoms with Crippen LogP contribution in [0.3, 0.4) is 0 Å². The lowest BCUT2D eigenvalue weighted by Crippen LogP contribution is -2.16. The van der Waals surface area contributed by atoms with Crippen LogP contribution in [0.1, 0.15) is 17.0 Å². The maximum atomic E-state index is 12.1. The molecule has 0 atom stereocenters. The van der Waals surface area contributed by atoms with Gasteiger partial charge in [0.2, 0.25) is 0 Å². The average Bonchev–Trinajstić information content (AvgIpc) is 2.97. The minimum absolute atomic E-state index is 0.0787. The first kappa shape index (κ1) is 16.2. The van der Waals surface area contributed by atoms with Gasteiger partial charge in [-0.05, 0) is 52.7 Å². The van der Waals surface area contributed by atoms with Gasteiger partial charge in [-0.2, -0.15) is 0 Å². The first-order valence-corrected chi connectivity index (χ1v) is 7.90. The number of esters is 1. The summed E-state index contributed by atoms with van der Waals surface area (Å²) in [7, 11) is 0. The van der Waals surface area contributed by atoms with Crippen molar-refractivity contribution in [2.45, 2.75) is 13.5 Å². The number of fused-ring (bicyclic) bond motifs is 1. The molecule has 3 heterocycles. The molecule has 7 heteroatoms. The van der Waals surface area contributed by atoms with E-state index in [0.717, 1.165) is 5.56 Å². The summed E-state index contributed by atoms with van der Waals surface area (Å²) in [6.07, 6.45) is 4.46. The van der Waals surface area contributed by atoms with E-state index in [1.807, 2.05) is 13.0 Å². The van der Waals surface area contributed by atoms with Gasteiger partial charge in [-0.15, -0.1) is 0 Å². The Labute approximate surface area is 145 Å². The summed E-state index contributed by atoms with van der Waals surface area (Å²) < 4.78 is 12.4. The quantitative estimate of drug-likeness (QED) is 0.507. The smallest absolute Gasteiger partial charge is 0.331 e. The van der Waals surface area contributed by atoms with E-state index in [9.17, 15) is 9.59 Å². The lowest BCUT2D eigenvalue weighted by Gasteiger charge is -2.05. The van der Waals surface area contributed by atoms with Crippen LogP contribution in [0.25, 0.3) is 11.7 Å². The summed E-state index contributed by atoms with van der Waals surface area (Å²) in [6, 6.07) is 8.40. The van der Waals surface area contributed by atoms with Gasteiger partial charge >= 0.3 is 5.97 Å². The van der Waals surface area contributed by atoms with Gasteiger partial charge in [-0.1, -0.05) is 6.07 Å². The zero-order chi connectivity index (χ0) is 17.1. The van der Waals surface area contributed by atoms with Crippen molar-refractivity contribution in [1.29, 1.82) is 0 Å². The van der Waals surface area contributed by atoms with Gasteiger partial charge < -0.3 is 9.15 Å². The highest BCUT2D eigenvalue weighted by Gasteiger charge is 2.05. The van der Waals surface area contributed by atoms with Crippen molar-refractivity contribution in [3.8, 4) is 0 Å². The van der Waals surface area contributed by atoms with Crippen molar-refractivity contribution in [2.24, 2.45) is 0 Å². The minimum Gasteiger partial charge on any atom is -0.456 e. The highest BCUT2D eigenvalue weighted by atomic mass is 79.9. The van der Waals surface area contributed by atoms with E-state index in [0.29, 0.717) is 21.8 Å². The van der Waals surface area contributed by atoms with E-state index < -0.39 is 5.97 Å². The van der Waals surface area contributed by atoms with Crippen molar-refractivity contribution in [2.75, 3.05) is 0 Å². The molecule has 3 rings (SSSR count). The van der Waals surface area contributed by atoms with E-state index >= 15 is 0 Å². The van der Waals surface area contributed by atoms with E-state index in [-0.39, 0.29) is 12.2 Å². The Morgan fingerprint density at radius 3 is 2.96 bits per heavy atom. The molecular formula is C17H13BrN2O4. The number of nitrogens with zero attached hydrogens (tertiary/aromatic N) is 2. The van der Waals surface area contributed by atoms with E-state index in [2.05, 4.69) is 20.9 Å². The van der Waals surface area contributed by atoms with Gasteiger partial charge in [0.1, 0.15) is 18.0 Å². The Balaban J connectivity index is 1.69. The number of carbonyl (C=O) groups excluding carboxylic acids is 1. The topological polar surface area (TPSA) is 73.8 Å². The van der Waals surface area contributed by atoms with Crippen LogP contribution in [0, 0.1) is 6.92 Å². The third-order valence-corrected chi connectivity index (χ3v) is 3.63. The van der Waals surface area contributed by atoms with Gasteiger partial charge in [-0.3, -0.25) is 9.20 Å². The van der Waals surface area contributed by atoms with Crippen LogP contribution in [-0.4, -0.2) is 15.4 Å². The number of hydrogen-bond acceptors (Lipinski definition) is 5. The van der Waals surface area contributed by atoms with Gasteiger partial charge in [0.25, 0.3) is 5.56 Å². The minimum atomic E-state index is -0.548. The molecule has 0 bridgehead atoms. The molecule has 0 fully saturated rings. The number of halogens is 1. The van der Waals surface area contributed by atoms with Crippen molar-refractivity contribution in [1.82, 2.24) is 9.38 Å². The number of pyridine rings is 1. The Morgan fingerprint density at radius 1 is 1.38 bits per heavy atom. The van der Waals surface area contributed by atoms with Gasteiger partial charge in [0.05, 0.1) is 5.69 Å². The molecule has 0 amide bonds. The molecule has 0 saturated carbocycles. The average molecular weight is 389 g/mol. The van der Waals surface area contributed by atoms with Crippen LogP contribution in [0.5, 0.6) is 0 Å². The molecule has 0 aromatic carbocycles. The molecular weight excluding hydrogens is 376 g/mol. The highest BCUT2D eigenvalue weighted by molar-refractivity contribution is 9.10. The summed E-state index contributed by atoms with van der Waals surface area (Å²) >= 11 is 3.17. The van der Waals surface area contributed by atoms with Crippen LogP contribution < -0.4 is 5.56 Å². The summed E-state index contributed by atoms with van der Waals surface area (Å²) in [4.78, 5) is 28.1. The Hall–Kier alpha value is -2.67. The summed E-state index contributed by atoms with van der Waals surface area (Å²) in [5.41, 5.74) is 1.65. The Morgan fingerprint density at radius 2 is 2.21 bits per heavy atom. The number of furan rings is 1. The Kier molecular flexibility index (Phi) is 4.61. The van der Waals surface area contributed by atoms with Crippen molar-refractivity contribution in [3.05, 3.63) is 74.6 Å². The number of ether oxygens (including phenoxy) is 1. The maximum absolute atomic E-state index is 12.1. The summed E-state index contributed by atoms with van der Waals surface area (Å²) in [6.45, 7) is 1.82. The lowest BCUT2D eigenvalue weighted by molar-refractivity contribution is -0.139. The molecule has 0 aliphatic carbocycles. The van der Waals surface area contributed by atoms with E-state index in [1.54, 1.807) is 24.4 Å². The van der Waals surface area contributed by atoms with Crippen LogP contribution in [0.15, 0.2) is 56.5 Å². The third kappa shape index (κ3) is 3.80. The number of aryl methyl sites for hydroxylation is 1. The fourth-order valence-corrected chi connectivity index (χ4v) is 2.41. The molecule has 0 N–H and O–H groups in total. The highest BCUT2D eigenvalue weighted by Crippen LogP contribution is 2.15. The van der Waals surface area contributed by atoms with Crippen LogP contribution in [0.4, 0.5) is 0 Å². The molecule has 3 aromatic rings. The molecule has 24 heavy (non-hydrogen) atoms. The van der Waals surface area contributed by atoms with Gasteiger partial charge in [0, 0.05) is 18.3 Å². The summed E-state index contributed by atoms with van der Waals surface area (Å²) in [5.74, 6) is -0.0234. The number of carbonyl (C=O) groups is 1. The van der Waals surface area contributed by atoms with E-state index in [1.165, 1.54) is 22.6 Å². The first-order valence-electron chi connectivity index (χ1n) is 7.10. The first-order chi connectivity index (χ1) is 11.5. The fraction of sp³-hybridized carbons (Fsp3) is 0.118. The van der Waals surface area contributed by atoms with Crippen molar-refractivity contribution in [3.63, 3.8) is 0 Å². The monoisotopic (exact) mass is 388 g/mol. The molecule has 122 valence electrons. The fourth-order valence-electron chi connectivity index (χ4n) is 2.09. The standard InChI is InChI=1S/C17H13BrN2O4/c1-11-2-6-15-19-12(8-16(21)20(15)9-11)10-23-17(22)7-4-13-3-5-14(18)24-13/h2-9H,10H2,1H3. The van der Waals surface area contributed by atoms with E-state index in [4.69, 9.17) is 9.15 Å². The second kappa shape index (κ2) is 6.84. The summed E-state index contributed by atoms with van der Waals surface area (Å²) in [5, 5.41) is 0. The maximum Gasteiger partial charge on any atom is 0.331 e. The van der Waals surface area contributed by atoms with Crippen LogP contribution in [0.2, 0.25) is 0 Å². The molecule has 0 unspecified atom stereocenters. The van der Waals surface area contributed by atoms with Crippen molar-refractivity contribution >= 4 is 33.6 Å². The second-order valence-corrected chi connectivity index (χ2v) is 5.88. The zero-order valence-corrected chi connectivity index (χ0v) is 14.3. The van der Waals surface area contributed by atoms with Gasteiger partial charge in [0.15, 0.2) is 4.67 Å². The normalized spacial score (nSPS) is 11.2. The predicted molar refractivity (Wildman–Crippen MR) is 91.4 cm³/mol. The van der Waals surface area contributed by atoms with Crippen molar-refractivity contribution < 1.29 is 13.9 Å². The SMILES string of the molecule is Cc1ccc2nc(COC(=O)C=Cc3ccc(Br)o3)cc(=O)n2c1. The number of rotatable bonds is 4. The largest absolute Gasteiger partial charge is 0.456 e. The number of aromatic nitrogens is 2. The number of hydrogen-bond donors (Lipinski definition) is 0. The Bertz CT molecular complexity index is 988. The molecule has 3 aromatic heterocycles. The molecule has 0 aliphatic heterocycles. The second-order valence-electron chi connectivity index (χ2n) is 5.10. The van der Waals surface area contributed by atoms with Gasteiger partial charge in [-0.25, -0.2) is 9.78 Å². The zero-order valence-electron chi connectivity index (χ0n) is 12.7. The molecule has 0 spiro atoms.